The molecule has 1 fully saturated rings. The zero-order valence-electron chi connectivity index (χ0n) is 13.4. The molecule has 1 atom stereocenters. The highest BCUT2D eigenvalue weighted by molar-refractivity contribution is 5.42. The summed E-state index contributed by atoms with van der Waals surface area (Å²) in [6.45, 7) is 11.9. The average Bonchev–Trinajstić information content (AvgIpc) is 2.50. The van der Waals surface area contributed by atoms with Crippen LogP contribution >= 0.6 is 0 Å². The Bertz CT molecular complexity index is 440. The molecule has 1 unspecified atom stereocenters. The standard InChI is InChI=1S/C15H27N5O/c1-4-6-16-15-18-12(3)9-14(19-15)17-10-13-11-20(5-2)7-8-21-13/h9,13H,4-8,10-11H2,1-3H3,(H2,16,17,18,19). The second-order valence-corrected chi connectivity index (χ2v) is 5.41. The zero-order valence-corrected chi connectivity index (χ0v) is 13.4. The molecule has 0 radical (unpaired) electrons. The second kappa shape index (κ2) is 8.14. The van der Waals surface area contributed by atoms with E-state index in [1.165, 1.54) is 0 Å². The van der Waals surface area contributed by atoms with Crippen LogP contribution in [-0.4, -0.2) is 60.3 Å². The molecule has 2 rings (SSSR count). The maximum absolute atomic E-state index is 5.79. The summed E-state index contributed by atoms with van der Waals surface area (Å²) >= 11 is 0. The molecular weight excluding hydrogens is 266 g/mol. The molecule has 0 aromatic carbocycles. The first kappa shape index (κ1) is 16.0. The number of nitrogens with one attached hydrogen (secondary N) is 2. The van der Waals surface area contributed by atoms with Crippen molar-refractivity contribution in [3.05, 3.63) is 11.8 Å². The third kappa shape index (κ3) is 5.13. The molecule has 0 saturated carbocycles. The molecule has 1 aromatic heterocycles. The number of anilines is 2. The molecule has 0 amide bonds. The highest BCUT2D eigenvalue weighted by atomic mass is 16.5. The van der Waals surface area contributed by atoms with E-state index in [4.69, 9.17) is 4.74 Å². The van der Waals surface area contributed by atoms with Crippen LogP contribution in [0.15, 0.2) is 6.07 Å². The van der Waals surface area contributed by atoms with Crippen molar-refractivity contribution < 1.29 is 4.74 Å². The lowest BCUT2D eigenvalue weighted by Crippen LogP contribution is -2.45. The van der Waals surface area contributed by atoms with Crippen molar-refractivity contribution in [1.29, 1.82) is 0 Å². The summed E-state index contributed by atoms with van der Waals surface area (Å²) in [6.07, 6.45) is 1.28. The van der Waals surface area contributed by atoms with Gasteiger partial charge in [0.15, 0.2) is 0 Å². The Morgan fingerprint density at radius 1 is 1.33 bits per heavy atom. The van der Waals surface area contributed by atoms with Crippen molar-refractivity contribution in [2.75, 3.05) is 50.0 Å². The summed E-state index contributed by atoms with van der Waals surface area (Å²) in [5, 5.41) is 6.60. The van der Waals surface area contributed by atoms with Gasteiger partial charge in [-0.15, -0.1) is 0 Å². The molecule has 1 aromatic rings. The Hall–Kier alpha value is -1.40. The van der Waals surface area contributed by atoms with Gasteiger partial charge in [-0.05, 0) is 19.9 Å². The fraction of sp³-hybridized carbons (Fsp3) is 0.733. The van der Waals surface area contributed by atoms with Crippen LogP contribution in [0.5, 0.6) is 0 Å². The number of likely N-dealkylation sites (N-methyl/N-ethyl adjacent to an activating group) is 1. The van der Waals surface area contributed by atoms with Gasteiger partial charge in [0.2, 0.25) is 5.95 Å². The monoisotopic (exact) mass is 293 g/mol. The van der Waals surface area contributed by atoms with Gasteiger partial charge in [-0.2, -0.15) is 4.98 Å². The van der Waals surface area contributed by atoms with Gasteiger partial charge in [0.1, 0.15) is 5.82 Å². The Morgan fingerprint density at radius 2 is 2.19 bits per heavy atom. The second-order valence-electron chi connectivity index (χ2n) is 5.41. The zero-order chi connectivity index (χ0) is 15.1. The van der Waals surface area contributed by atoms with Crippen LogP contribution in [-0.2, 0) is 4.74 Å². The summed E-state index contributed by atoms with van der Waals surface area (Å²) in [7, 11) is 0. The number of nitrogens with zero attached hydrogens (tertiary/aromatic N) is 3. The molecule has 2 heterocycles. The van der Waals surface area contributed by atoms with Crippen LogP contribution < -0.4 is 10.6 Å². The predicted octanol–water partition coefficient (Wildman–Crippen LogP) is 1.74. The van der Waals surface area contributed by atoms with Crippen LogP contribution in [0.2, 0.25) is 0 Å². The molecule has 1 aliphatic rings. The van der Waals surface area contributed by atoms with Gasteiger partial charge >= 0.3 is 0 Å². The van der Waals surface area contributed by atoms with Gasteiger partial charge in [0, 0.05) is 37.9 Å². The van der Waals surface area contributed by atoms with E-state index >= 15 is 0 Å². The Kier molecular flexibility index (Phi) is 6.20. The van der Waals surface area contributed by atoms with Crippen molar-refractivity contribution in [3.63, 3.8) is 0 Å². The third-order valence-corrected chi connectivity index (χ3v) is 3.57. The Labute approximate surface area is 127 Å². The summed E-state index contributed by atoms with van der Waals surface area (Å²) in [4.78, 5) is 11.3. The Morgan fingerprint density at radius 3 is 2.95 bits per heavy atom. The Balaban J connectivity index is 1.88. The topological polar surface area (TPSA) is 62.3 Å². The molecule has 2 N–H and O–H groups in total. The maximum atomic E-state index is 5.79. The highest BCUT2D eigenvalue weighted by Crippen LogP contribution is 2.11. The molecule has 0 spiro atoms. The van der Waals surface area contributed by atoms with E-state index in [2.05, 4.69) is 39.3 Å². The first-order valence-corrected chi connectivity index (χ1v) is 7.88. The van der Waals surface area contributed by atoms with Crippen molar-refractivity contribution in [1.82, 2.24) is 14.9 Å². The minimum Gasteiger partial charge on any atom is -0.374 e. The number of ether oxygens (including phenoxy) is 1. The van der Waals surface area contributed by atoms with Crippen LogP contribution in [0.25, 0.3) is 0 Å². The quantitative estimate of drug-likeness (QED) is 0.798. The van der Waals surface area contributed by atoms with Gasteiger partial charge in [0.25, 0.3) is 0 Å². The van der Waals surface area contributed by atoms with E-state index in [0.717, 1.165) is 57.3 Å². The molecule has 0 bridgehead atoms. The van der Waals surface area contributed by atoms with Crippen LogP contribution in [0.3, 0.4) is 0 Å². The van der Waals surface area contributed by atoms with Crippen molar-refractivity contribution in [2.45, 2.75) is 33.3 Å². The fourth-order valence-electron chi connectivity index (χ4n) is 2.38. The van der Waals surface area contributed by atoms with E-state index < -0.39 is 0 Å². The van der Waals surface area contributed by atoms with Gasteiger partial charge in [-0.25, -0.2) is 4.98 Å². The summed E-state index contributed by atoms with van der Waals surface area (Å²) in [5.41, 5.74) is 0.964. The summed E-state index contributed by atoms with van der Waals surface area (Å²) in [5.74, 6) is 1.55. The van der Waals surface area contributed by atoms with E-state index in [1.54, 1.807) is 0 Å². The maximum Gasteiger partial charge on any atom is 0.224 e. The van der Waals surface area contributed by atoms with Gasteiger partial charge in [-0.3, -0.25) is 4.90 Å². The molecule has 21 heavy (non-hydrogen) atoms. The number of hydrogen-bond donors (Lipinski definition) is 2. The van der Waals surface area contributed by atoms with E-state index in [0.29, 0.717) is 5.95 Å². The predicted molar refractivity (Wildman–Crippen MR) is 85.9 cm³/mol. The number of rotatable bonds is 7. The lowest BCUT2D eigenvalue weighted by molar-refractivity contribution is -0.0192. The van der Waals surface area contributed by atoms with Crippen molar-refractivity contribution in [3.8, 4) is 0 Å². The van der Waals surface area contributed by atoms with Crippen LogP contribution in [0, 0.1) is 6.92 Å². The first-order chi connectivity index (χ1) is 10.2. The molecule has 1 saturated heterocycles. The molecule has 6 heteroatoms. The van der Waals surface area contributed by atoms with Crippen molar-refractivity contribution >= 4 is 11.8 Å². The normalized spacial score (nSPS) is 19.5. The van der Waals surface area contributed by atoms with Crippen LogP contribution in [0.4, 0.5) is 11.8 Å². The van der Waals surface area contributed by atoms with E-state index in [9.17, 15) is 0 Å². The minimum absolute atomic E-state index is 0.223. The first-order valence-electron chi connectivity index (χ1n) is 7.88. The lowest BCUT2D eigenvalue weighted by Gasteiger charge is -2.32. The molecule has 0 aliphatic carbocycles. The highest BCUT2D eigenvalue weighted by Gasteiger charge is 2.19. The largest absolute Gasteiger partial charge is 0.374 e. The third-order valence-electron chi connectivity index (χ3n) is 3.57. The van der Waals surface area contributed by atoms with Crippen LogP contribution in [0.1, 0.15) is 26.0 Å². The van der Waals surface area contributed by atoms with Gasteiger partial charge in [0.05, 0.1) is 12.7 Å². The van der Waals surface area contributed by atoms with Gasteiger partial charge in [-0.1, -0.05) is 13.8 Å². The molecule has 6 nitrogen and oxygen atoms in total. The molecular formula is C15H27N5O. The summed E-state index contributed by atoms with van der Waals surface area (Å²) in [6, 6.07) is 1.97. The SMILES string of the molecule is CCCNc1nc(C)cc(NCC2CN(CC)CCO2)n1. The number of aryl methyl sites for hydroxylation is 1. The fourth-order valence-corrected chi connectivity index (χ4v) is 2.38. The lowest BCUT2D eigenvalue weighted by atomic mass is 10.2. The molecule has 1 aliphatic heterocycles. The summed E-state index contributed by atoms with van der Waals surface area (Å²) < 4.78 is 5.79. The molecule has 118 valence electrons. The van der Waals surface area contributed by atoms with E-state index in [1.807, 2.05) is 13.0 Å². The van der Waals surface area contributed by atoms with Gasteiger partial charge < -0.3 is 15.4 Å². The number of morpholine rings is 1. The minimum atomic E-state index is 0.223. The van der Waals surface area contributed by atoms with E-state index in [-0.39, 0.29) is 6.10 Å². The smallest absolute Gasteiger partial charge is 0.224 e. The average molecular weight is 293 g/mol. The number of aromatic nitrogens is 2. The van der Waals surface area contributed by atoms with Crippen molar-refractivity contribution in [2.24, 2.45) is 0 Å². The number of hydrogen-bond acceptors (Lipinski definition) is 6.